The summed E-state index contributed by atoms with van der Waals surface area (Å²) in [6, 6.07) is 12.5. The monoisotopic (exact) mass is 420 g/mol. The lowest BCUT2D eigenvalue weighted by Crippen LogP contribution is -2.01. The van der Waals surface area contributed by atoms with Crippen molar-refractivity contribution in [3.63, 3.8) is 0 Å². The van der Waals surface area contributed by atoms with E-state index < -0.39 is 26.1 Å². The van der Waals surface area contributed by atoms with Crippen molar-refractivity contribution in [1.82, 2.24) is 0 Å². The number of aliphatic imine (C=N–C) groups is 1. The Morgan fingerprint density at radius 3 is 1.97 bits per heavy atom. The topological polar surface area (TPSA) is 151 Å². The van der Waals surface area contributed by atoms with Crippen LogP contribution in [0.25, 0.3) is 11.1 Å². The Bertz CT molecular complexity index is 1300. The summed E-state index contributed by atoms with van der Waals surface area (Å²) in [5.74, 6) is 0.582. The van der Waals surface area contributed by atoms with E-state index in [-0.39, 0.29) is 28.1 Å². The fourth-order valence-corrected chi connectivity index (χ4v) is 3.44. The van der Waals surface area contributed by atoms with Crippen LogP contribution in [-0.4, -0.2) is 27.6 Å². The van der Waals surface area contributed by atoms with Crippen LogP contribution in [0.4, 0.5) is 22.7 Å². The minimum Gasteiger partial charge on any atom is -0.497 e. The van der Waals surface area contributed by atoms with Gasteiger partial charge in [0.1, 0.15) is 5.75 Å². The van der Waals surface area contributed by atoms with E-state index in [1.807, 2.05) is 0 Å². The number of benzene rings is 3. The molecule has 0 saturated carbocycles. The molecule has 0 atom stereocenters. The number of non-ortho nitro benzene ring substituents is 2. The minimum atomic E-state index is -0.732. The zero-order valence-corrected chi connectivity index (χ0v) is 15.8. The second-order valence-corrected chi connectivity index (χ2v) is 6.55. The molecule has 1 aliphatic rings. The van der Waals surface area contributed by atoms with Gasteiger partial charge < -0.3 is 4.74 Å². The third kappa shape index (κ3) is 3.33. The maximum Gasteiger partial charge on any atom is 0.284 e. The number of nitro groups is 3. The first-order valence-corrected chi connectivity index (χ1v) is 8.79. The van der Waals surface area contributed by atoms with Crippen LogP contribution >= 0.6 is 0 Å². The summed E-state index contributed by atoms with van der Waals surface area (Å²) in [5, 5.41) is 34.3. The van der Waals surface area contributed by atoms with Crippen LogP contribution in [-0.2, 0) is 0 Å². The number of nitrogens with zero attached hydrogens (tertiary/aromatic N) is 4. The third-order valence-electron chi connectivity index (χ3n) is 4.82. The van der Waals surface area contributed by atoms with Crippen LogP contribution in [0.1, 0.15) is 11.1 Å². The lowest BCUT2D eigenvalue weighted by molar-refractivity contribution is -0.393. The van der Waals surface area contributed by atoms with Gasteiger partial charge in [0.25, 0.3) is 17.1 Å². The van der Waals surface area contributed by atoms with Crippen LogP contribution in [0.2, 0.25) is 0 Å². The second kappa shape index (κ2) is 7.30. The zero-order valence-electron chi connectivity index (χ0n) is 15.8. The number of rotatable bonds is 5. The first kappa shape index (κ1) is 19.6. The van der Waals surface area contributed by atoms with Gasteiger partial charge in [0.15, 0.2) is 0 Å². The SMILES string of the molecule is COc1ccc(/N=C2\c3cc([N+](=O)[O-])ccc3-c3c2cc([N+](=O)[O-])cc3[N+](=O)[O-])cc1. The average Bonchev–Trinajstić information content (AvgIpc) is 3.06. The summed E-state index contributed by atoms with van der Waals surface area (Å²) in [5.41, 5.74) is 0.347. The zero-order chi connectivity index (χ0) is 22.3. The van der Waals surface area contributed by atoms with Gasteiger partial charge in [-0.15, -0.1) is 0 Å². The highest BCUT2D eigenvalue weighted by molar-refractivity contribution is 6.27. The summed E-state index contributed by atoms with van der Waals surface area (Å²) < 4.78 is 5.10. The quantitative estimate of drug-likeness (QED) is 0.339. The molecule has 0 aromatic heterocycles. The van der Waals surface area contributed by atoms with E-state index in [9.17, 15) is 30.3 Å². The molecule has 0 spiro atoms. The van der Waals surface area contributed by atoms with E-state index in [1.165, 1.54) is 31.4 Å². The van der Waals surface area contributed by atoms with Crippen LogP contribution in [0.15, 0.2) is 59.6 Å². The predicted octanol–water partition coefficient (Wildman–Crippen LogP) is 4.57. The fraction of sp³-hybridized carbons (Fsp3) is 0.0500. The fourth-order valence-electron chi connectivity index (χ4n) is 3.44. The Labute approximate surface area is 173 Å². The Hall–Kier alpha value is -4.67. The van der Waals surface area contributed by atoms with Crippen LogP contribution < -0.4 is 4.74 Å². The van der Waals surface area contributed by atoms with E-state index in [0.717, 1.165) is 6.07 Å². The van der Waals surface area contributed by atoms with Gasteiger partial charge in [-0.1, -0.05) is 0 Å². The van der Waals surface area contributed by atoms with Crippen LogP contribution in [0, 0.1) is 30.3 Å². The van der Waals surface area contributed by atoms with Gasteiger partial charge in [-0.25, -0.2) is 4.99 Å². The molecule has 4 rings (SSSR count). The molecule has 0 amide bonds. The number of methoxy groups -OCH3 is 1. The highest BCUT2D eigenvalue weighted by Crippen LogP contribution is 2.46. The van der Waals surface area contributed by atoms with Crippen molar-refractivity contribution in [2.24, 2.45) is 4.99 Å². The Balaban J connectivity index is 2.04. The summed E-state index contributed by atoms with van der Waals surface area (Å²) in [4.78, 5) is 36.8. The van der Waals surface area contributed by atoms with Crippen molar-refractivity contribution in [2.75, 3.05) is 7.11 Å². The van der Waals surface area contributed by atoms with Crippen LogP contribution in [0.5, 0.6) is 5.75 Å². The molecular formula is C20H12N4O7. The van der Waals surface area contributed by atoms with E-state index >= 15 is 0 Å². The highest BCUT2D eigenvalue weighted by Gasteiger charge is 2.35. The van der Waals surface area contributed by atoms with Crippen molar-refractivity contribution < 1.29 is 19.5 Å². The van der Waals surface area contributed by atoms with Gasteiger partial charge in [0.05, 0.1) is 44.9 Å². The van der Waals surface area contributed by atoms with Crippen molar-refractivity contribution in [3.05, 3.63) is 96.1 Å². The standard InChI is InChI=1S/C20H12N4O7/c1-31-14-5-2-11(3-6-14)21-20-16-8-12(22(25)26)4-7-15(16)19-17(20)9-13(23(27)28)10-18(19)24(29)30/h2-10H,1H3/b21-20+. The largest absolute Gasteiger partial charge is 0.497 e. The molecule has 0 bridgehead atoms. The van der Waals surface area contributed by atoms with E-state index in [4.69, 9.17) is 4.74 Å². The summed E-state index contributed by atoms with van der Waals surface area (Å²) in [6.45, 7) is 0. The molecule has 0 unspecified atom stereocenters. The predicted molar refractivity (Wildman–Crippen MR) is 110 cm³/mol. The molecule has 0 saturated heterocycles. The Morgan fingerprint density at radius 2 is 1.39 bits per heavy atom. The molecule has 3 aromatic rings. The summed E-state index contributed by atoms with van der Waals surface area (Å²) in [6.07, 6.45) is 0. The Morgan fingerprint density at radius 1 is 0.742 bits per heavy atom. The van der Waals surface area contributed by atoms with Crippen molar-refractivity contribution in [3.8, 4) is 16.9 Å². The van der Waals surface area contributed by atoms with Gasteiger partial charge in [0, 0.05) is 29.3 Å². The van der Waals surface area contributed by atoms with Gasteiger partial charge in [-0.2, -0.15) is 0 Å². The number of hydrogen-bond donors (Lipinski definition) is 0. The highest BCUT2D eigenvalue weighted by atomic mass is 16.6. The molecule has 11 nitrogen and oxygen atoms in total. The molecule has 31 heavy (non-hydrogen) atoms. The normalized spacial score (nSPS) is 12.9. The molecule has 0 N–H and O–H groups in total. The maximum absolute atomic E-state index is 11.7. The lowest BCUT2D eigenvalue weighted by atomic mass is 10.0. The van der Waals surface area contributed by atoms with Gasteiger partial charge in [-0.05, 0) is 35.9 Å². The Kier molecular flexibility index (Phi) is 4.62. The van der Waals surface area contributed by atoms with E-state index in [0.29, 0.717) is 17.0 Å². The minimum absolute atomic E-state index is 0.132. The van der Waals surface area contributed by atoms with Gasteiger partial charge >= 0.3 is 0 Å². The van der Waals surface area contributed by atoms with E-state index in [1.54, 1.807) is 24.3 Å². The molecule has 0 heterocycles. The molecular weight excluding hydrogens is 408 g/mol. The van der Waals surface area contributed by atoms with Gasteiger partial charge in [-0.3, -0.25) is 30.3 Å². The lowest BCUT2D eigenvalue weighted by Gasteiger charge is -2.04. The first-order chi connectivity index (χ1) is 14.8. The third-order valence-corrected chi connectivity index (χ3v) is 4.82. The second-order valence-electron chi connectivity index (χ2n) is 6.55. The smallest absolute Gasteiger partial charge is 0.284 e. The number of nitro benzene ring substituents is 3. The number of ether oxygens (including phenoxy) is 1. The van der Waals surface area contributed by atoms with Crippen molar-refractivity contribution in [1.29, 1.82) is 0 Å². The molecule has 0 aliphatic heterocycles. The molecule has 3 aromatic carbocycles. The molecule has 0 fully saturated rings. The van der Waals surface area contributed by atoms with Crippen molar-refractivity contribution in [2.45, 2.75) is 0 Å². The van der Waals surface area contributed by atoms with Gasteiger partial charge in [0.2, 0.25) is 0 Å². The molecule has 0 radical (unpaired) electrons. The van der Waals surface area contributed by atoms with E-state index in [2.05, 4.69) is 4.99 Å². The van der Waals surface area contributed by atoms with Crippen LogP contribution in [0.3, 0.4) is 0 Å². The summed E-state index contributed by atoms with van der Waals surface area (Å²) >= 11 is 0. The maximum atomic E-state index is 11.7. The van der Waals surface area contributed by atoms with Crippen molar-refractivity contribution >= 4 is 28.5 Å². The number of hydrogen-bond acceptors (Lipinski definition) is 8. The molecule has 154 valence electrons. The molecule has 11 heteroatoms. The summed E-state index contributed by atoms with van der Waals surface area (Å²) in [7, 11) is 1.50. The average molecular weight is 420 g/mol. The molecule has 1 aliphatic carbocycles. The first-order valence-electron chi connectivity index (χ1n) is 8.79. The number of fused-ring (bicyclic) bond motifs is 3.